The Hall–Kier alpha value is -0.160. The van der Waals surface area contributed by atoms with Gasteiger partial charge in [0, 0.05) is 12.1 Å². The molecule has 1 heterocycles. The lowest BCUT2D eigenvalue weighted by atomic mass is 10.1. The Morgan fingerprint density at radius 1 is 1.38 bits per heavy atom. The maximum Gasteiger partial charge on any atom is 0.120 e. The van der Waals surface area contributed by atoms with Gasteiger partial charge in [0.05, 0.1) is 6.10 Å². The van der Waals surface area contributed by atoms with Crippen LogP contribution < -0.4 is 10.6 Å². The summed E-state index contributed by atoms with van der Waals surface area (Å²) < 4.78 is 0. The summed E-state index contributed by atoms with van der Waals surface area (Å²) in [6.07, 6.45) is 1.14. The van der Waals surface area contributed by atoms with Gasteiger partial charge in [-0.25, -0.2) is 0 Å². The van der Waals surface area contributed by atoms with Crippen LogP contribution in [0, 0.1) is 0 Å². The molecule has 1 fully saturated rings. The van der Waals surface area contributed by atoms with Crippen molar-refractivity contribution in [3.05, 3.63) is 0 Å². The fourth-order valence-corrected chi connectivity index (χ4v) is 1.51. The molecular weight excluding hydrogens is 168 g/mol. The molecule has 0 spiro atoms. The number of aliphatic hydroxyl groups excluding tert-OH is 2. The molecule has 0 amide bonds. The summed E-state index contributed by atoms with van der Waals surface area (Å²) in [6, 6.07) is 0.0681. The number of rotatable bonds is 4. The van der Waals surface area contributed by atoms with E-state index >= 15 is 0 Å². The zero-order chi connectivity index (χ0) is 9.84. The third-order valence-electron chi connectivity index (χ3n) is 2.64. The summed E-state index contributed by atoms with van der Waals surface area (Å²) in [5.74, 6) is 0. The molecule has 4 N–H and O–H groups in total. The molecule has 78 valence electrons. The lowest BCUT2D eigenvalue weighted by Gasteiger charge is -2.25. The number of aliphatic hydroxyl groups is 2. The smallest absolute Gasteiger partial charge is 0.120 e. The van der Waals surface area contributed by atoms with Crippen molar-refractivity contribution in [1.29, 1.82) is 0 Å². The molecule has 0 aromatic carbocycles. The second kappa shape index (κ2) is 4.91. The number of hydrogen-bond donors (Lipinski definition) is 4. The third-order valence-corrected chi connectivity index (χ3v) is 2.64. The second-order valence-corrected chi connectivity index (χ2v) is 3.84. The van der Waals surface area contributed by atoms with E-state index < -0.39 is 12.3 Å². The van der Waals surface area contributed by atoms with Gasteiger partial charge in [-0.3, -0.25) is 5.32 Å². The topological polar surface area (TPSA) is 64.5 Å². The maximum atomic E-state index is 9.68. The largest absolute Gasteiger partial charge is 0.392 e. The van der Waals surface area contributed by atoms with Gasteiger partial charge in [0.1, 0.15) is 6.23 Å². The molecule has 4 atom stereocenters. The minimum absolute atomic E-state index is 0.0719. The van der Waals surface area contributed by atoms with E-state index in [1.165, 1.54) is 0 Å². The molecule has 0 saturated carbocycles. The van der Waals surface area contributed by atoms with Crippen LogP contribution in [0.25, 0.3) is 0 Å². The first-order chi connectivity index (χ1) is 6.11. The average molecular weight is 188 g/mol. The first kappa shape index (κ1) is 10.9. The SMILES string of the molecule is CC(O)[C@@H](C)N[C@H](O)C1CCCN1. The molecule has 4 nitrogen and oxygen atoms in total. The summed E-state index contributed by atoms with van der Waals surface area (Å²) >= 11 is 0. The van der Waals surface area contributed by atoms with Crippen molar-refractivity contribution in [3.63, 3.8) is 0 Å². The predicted octanol–water partition coefficient (Wildman–Crippen LogP) is -0.584. The van der Waals surface area contributed by atoms with Gasteiger partial charge in [0.25, 0.3) is 0 Å². The van der Waals surface area contributed by atoms with Crippen LogP contribution in [-0.4, -0.2) is 41.2 Å². The summed E-state index contributed by atoms with van der Waals surface area (Å²) in [5.41, 5.74) is 0. The van der Waals surface area contributed by atoms with Gasteiger partial charge < -0.3 is 15.5 Å². The Bertz CT molecular complexity index is 147. The van der Waals surface area contributed by atoms with E-state index in [2.05, 4.69) is 10.6 Å². The standard InChI is InChI=1S/C9H20N2O2/c1-6(7(2)12)11-9(13)8-4-3-5-10-8/h6-13H,3-5H2,1-2H3/t6-,7?,8?,9-/m1/s1. The highest BCUT2D eigenvalue weighted by Crippen LogP contribution is 2.08. The quantitative estimate of drug-likeness (QED) is 0.446. The lowest BCUT2D eigenvalue weighted by molar-refractivity contribution is 0.0579. The third kappa shape index (κ3) is 3.23. The van der Waals surface area contributed by atoms with Gasteiger partial charge in [-0.1, -0.05) is 0 Å². The maximum absolute atomic E-state index is 9.68. The first-order valence-corrected chi connectivity index (χ1v) is 4.97. The predicted molar refractivity (Wildman–Crippen MR) is 51.3 cm³/mol. The van der Waals surface area contributed by atoms with Crippen LogP contribution in [0.3, 0.4) is 0 Å². The minimum atomic E-state index is -0.549. The molecule has 4 heteroatoms. The van der Waals surface area contributed by atoms with E-state index in [9.17, 15) is 10.2 Å². The van der Waals surface area contributed by atoms with Crippen molar-refractivity contribution in [3.8, 4) is 0 Å². The molecule has 0 radical (unpaired) electrons. The first-order valence-electron chi connectivity index (χ1n) is 4.97. The zero-order valence-corrected chi connectivity index (χ0v) is 8.33. The van der Waals surface area contributed by atoms with Crippen LogP contribution in [0.2, 0.25) is 0 Å². The highest BCUT2D eigenvalue weighted by molar-refractivity contribution is 4.82. The van der Waals surface area contributed by atoms with Crippen molar-refractivity contribution in [2.75, 3.05) is 6.54 Å². The molecule has 0 aliphatic carbocycles. The molecule has 1 aliphatic rings. The Labute approximate surface area is 79.3 Å². The van der Waals surface area contributed by atoms with E-state index in [0.717, 1.165) is 19.4 Å². The van der Waals surface area contributed by atoms with Crippen LogP contribution in [-0.2, 0) is 0 Å². The lowest BCUT2D eigenvalue weighted by Crippen LogP contribution is -2.50. The summed E-state index contributed by atoms with van der Waals surface area (Å²) in [6.45, 7) is 4.56. The summed E-state index contributed by atoms with van der Waals surface area (Å²) in [4.78, 5) is 0. The molecule has 2 unspecified atom stereocenters. The molecule has 0 aromatic rings. The van der Waals surface area contributed by atoms with Gasteiger partial charge in [-0.05, 0) is 33.2 Å². The zero-order valence-electron chi connectivity index (χ0n) is 8.33. The van der Waals surface area contributed by atoms with E-state index in [4.69, 9.17) is 0 Å². The minimum Gasteiger partial charge on any atom is -0.392 e. The molecule has 1 aliphatic heterocycles. The van der Waals surface area contributed by atoms with Crippen molar-refractivity contribution in [2.24, 2.45) is 0 Å². The molecule has 13 heavy (non-hydrogen) atoms. The van der Waals surface area contributed by atoms with Crippen LogP contribution >= 0.6 is 0 Å². The Morgan fingerprint density at radius 2 is 2.08 bits per heavy atom. The van der Waals surface area contributed by atoms with E-state index in [0.29, 0.717) is 0 Å². The average Bonchev–Trinajstić information content (AvgIpc) is 2.55. The summed E-state index contributed by atoms with van der Waals surface area (Å²) in [5, 5.41) is 25.1. The van der Waals surface area contributed by atoms with Gasteiger partial charge in [0.2, 0.25) is 0 Å². The molecule has 0 bridgehead atoms. The Kier molecular flexibility index (Phi) is 4.12. The Balaban J connectivity index is 2.26. The van der Waals surface area contributed by atoms with Crippen molar-refractivity contribution >= 4 is 0 Å². The van der Waals surface area contributed by atoms with Crippen molar-refractivity contribution < 1.29 is 10.2 Å². The highest BCUT2D eigenvalue weighted by atomic mass is 16.3. The molecule has 0 aromatic heterocycles. The second-order valence-electron chi connectivity index (χ2n) is 3.84. The van der Waals surface area contributed by atoms with Gasteiger partial charge in [-0.15, -0.1) is 0 Å². The fraction of sp³-hybridized carbons (Fsp3) is 1.00. The van der Waals surface area contributed by atoms with Crippen LogP contribution in [0.15, 0.2) is 0 Å². The van der Waals surface area contributed by atoms with Crippen LogP contribution in [0.5, 0.6) is 0 Å². The van der Waals surface area contributed by atoms with Gasteiger partial charge >= 0.3 is 0 Å². The Morgan fingerprint density at radius 3 is 2.54 bits per heavy atom. The molecular formula is C9H20N2O2. The number of hydrogen-bond acceptors (Lipinski definition) is 4. The molecule has 1 rings (SSSR count). The normalized spacial score (nSPS) is 30.0. The molecule has 1 saturated heterocycles. The van der Waals surface area contributed by atoms with Crippen molar-refractivity contribution in [2.45, 2.75) is 51.1 Å². The van der Waals surface area contributed by atoms with Gasteiger partial charge in [-0.2, -0.15) is 0 Å². The van der Waals surface area contributed by atoms with E-state index in [-0.39, 0.29) is 12.1 Å². The van der Waals surface area contributed by atoms with Crippen LogP contribution in [0.1, 0.15) is 26.7 Å². The van der Waals surface area contributed by atoms with E-state index in [1.54, 1.807) is 6.92 Å². The van der Waals surface area contributed by atoms with Gasteiger partial charge in [0.15, 0.2) is 0 Å². The monoisotopic (exact) mass is 188 g/mol. The number of nitrogens with one attached hydrogen (secondary N) is 2. The van der Waals surface area contributed by atoms with Crippen LogP contribution in [0.4, 0.5) is 0 Å². The van der Waals surface area contributed by atoms with E-state index in [1.807, 2.05) is 6.92 Å². The fourth-order valence-electron chi connectivity index (χ4n) is 1.51. The highest BCUT2D eigenvalue weighted by Gasteiger charge is 2.24. The summed E-state index contributed by atoms with van der Waals surface area (Å²) in [7, 11) is 0. The van der Waals surface area contributed by atoms with Crippen molar-refractivity contribution in [1.82, 2.24) is 10.6 Å².